The minimum absolute atomic E-state index is 0.826. The van der Waals surface area contributed by atoms with Crippen molar-refractivity contribution in [2.24, 2.45) is 0 Å². The highest BCUT2D eigenvalue weighted by molar-refractivity contribution is 4.88. The summed E-state index contributed by atoms with van der Waals surface area (Å²) in [6.45, 7) is 0. The molecule has 4 nitrogen and oxygen atoms in total. The highest BCUT2D eigenvalue weighted by Gasteiger charge is 1.70. The third-order valence-corrected chi connectivity index (χ3v) is 0.880. The highest BCUT2D eigenvalue weighted by Crippen LogP contribution is 1.82. The van der Waals surface area contributed by atoms with Crippen molar-refractivity contribution in [3.63, 3.8) is 0 Å². The molecule has 0 aliphatic rings. The van der Waals surface area contributed by atoms with E-state index in [4.69, 9.17) is 0 Å². The van der Waals surface area contributed by atoms with Crippen molar-refractivity contribution < 1.29 is 9.68 Å². The SMILES string of the molecule is CONC=CCC=CNOC. The molecule has 0 saturated heterocycles. The van der Waals surface area contributed by atoms with Gasteiger partial charge in [-0.05, 0) is 6.42 Å². The van der Waals surface area contributed by atoms with Crippen LogP contribution in [0.1, 0.15) is 6.42 Å². The van der Waals surface area contributed by atoms with Crippen molar-refractivity contribution in [1.82, 2.24) is 11.0 Å². The molecule has 11 heavy (non-hydrogen) atoms. The maximum atomic E-state index is 4.57. The van der Waals surface area contributed by atoms with Crippen molar-refractivity contribution in [2.75, 3.05) is 14.2 Å². The summed E-state index contributed by atoms with van der Waals surface area (Å²) < 4.78 is 0. The van der Waals surface area contributed by atoms with Crippen molar-refractivity contribution in [1.29, 1.82) is 0 Å². The largest absolute Gasteiger partial charge is 0.280 e. The van der Waals surface area contributed by atoms with Gasteiger partial charge in [0.1, 0.15) is 0 Å². The lowest BCUT2D eigenvalue weighted by Gasteiger charge is -1.92. The first kappa shape index (κ1) is 10.0. The molecule has 0 fully saturated rings. The fourth-order valence-electron chi connectivity index (χ4n) is 0.447. The number of hydrogen-bond donors (Lipinski definition) is 2. The molecule has 0 aromatic carbocycles. The van der Waals surface area contributed by atoms with Crippen molar-refractivity contribution in [3.8, 4) is 0 Å². The maximum absolute atomic E-state index is 4.57. The summed E-state index contributed by atoms with van der Waals surface area (Å²) in [4.78, 5) is 9.14. The summed E-state index contributed by atoms with van der Waals surface area (Å²) in [5.41, 5.74) is 5.15. The molecule has 0 bridgehead atoms. The molecule has 2 N–H and O–H groups in total. The van der Waals surface area contributed by atoms with E-state index in [1.165, 1.54) is 0 Å². The summed E-state index contributed by atoms with van der Waals surface area (Å²) in [6.07, 6.45) is 8.09. The van der Waals surface area contributed by atoms with Crippen LogP contribution in [0.2, 0.25) is 0 Å². The highest BCUT2D eigenvalue weighted by atomic mass is 16.6. The Labute approximate surface area is 66.8 Å². The molecule has 64 valence electrons. The van der Waals surface area contributed by atoms with E-state index in [1.54, 1.807) is 26.6 Å². The van der Waals surface area contributed by atoms with Crippen molar-refractivity contribution >= 4 is 0 Å². The Kier molecular flexibility index (Phi) is 8.18. The Bertz CT molecular complexity index is 110. The third-order valence-electron chi connectivity index (χ3n) is 0.880. The van der Waals surface area contributed by atoms with Gasteiger partial charge in [-0.1, -0.05) is 12.2 Å². The predicted octanol–water partition coefficient (Wildman–Crippen LogP) is 0.706. The Hall–Kier alpha value is -1.00. The minimum Gasteiger partial charge on any atom is -0.280 e. The van der Waals surface area contributed by atoms with Crippen LogP contribution in [0.5, 0.6) is 0 Å². The molecular formula is C7H14N2O2. The Morgan fingerprint density at radius 1 is 1.00 bits per heavy atom. The van der Waals surface area contributed by atoms with Crippen LogP contribution in [0, 0.1) is 0 Å². The lowest BCUT2D eigenvalue weighted by atomic mass is 10.4. The second kappa shape index (κ2) is 9.00. The standard InChI is InChI=1S/C7H14N2O2/c1-10-8-6-4-3-5-7-9-11-2/h4-9H,3H2,1-2H3. The Morgan fingerprint density at radius 2 is 1.45 bits per heavy atom. The molecule has 0 spiro atoms. The van der Waals surface area contributed by atoms with Gasteiger partial charge in [-0.15, -0.1) is 0 Å². The van der Waals surface area contributed by atoms with Crippen LogP contribution in [-0.2, 0) is 9.68 Å². The maximum Gasteiger partial charge on any atom is 0.0636 e. The number of nitrogens with one attached hydrogen (secondary N) is 2. The van der Waals surface area contributed by atoms with E-state index in [1.807, 2.05) is 12.2 Å². The molecule has 0 aliphatic carbocycles. The van der Waals surface area contributed by atoms with Crippen LogP contribution >= 0.6 is 0 Å². The average Bonchev–Trinajstić information content (AvgIpc) is 2.03. The average molecular weight is 158 g/mol. The molecule has 0 saturated carbocycles. The molecule has 0 atom stereocenters. The quantitative estimate of drug-likeness (QED) is 0.558. The van der Waals surface area contributed by atoms with E-state index in [-0.39, 0.29) is 0 Å². The van der Waals surface area contributed by atoms with Crippen LogP contribution < -0.4 is 11.0 Å². The second-order valence-corrected chi connectivity index (χ2v) is 1.68. The van der Waals surface area contributed by atoms with Gasteiger partial charge in [0.05, 0.1) is 14.2 Å². The molecule has 0 unspecified atom stereocenters. The first-order valence-corrected chi connectivity index (χ1v) is 3.29. The fourth-order valence-corrected chi connectivity index (χ4v) is 0.447. The van der Waals surface area contributed by atoms with Gasteiger partial charge >= 0.3 is 0 Å². The zero-order valence-electron chi connectivity index (χ0n) is 6.83. The summed E-state index contributed by atoms with van der Waals surface area (Å²) in [5, 5.41) is 0. The second-order valence-electron chi connectivity index (χ2n) is 1.68. The lowest BCUT2D eigenvalue weighted by Crippen LogP contribution is -2.00. The van der Waals surface area contributed by atoms with Crippen molar-refractivity contribution in [2.45, 2.75) is 6.42 Å². The summed E-state index contributed by atoms with van der Waals surface area (Å²) in [7, 11) is 3.12. The molecule has 0 aromatic heterocycles. The van der Waals surface area contributed by atoms with E-state index >= 15 is 0 Å². The summed E-state index contributed by atoms with van der Waals surface area (Å²) >= 11 is 0. The van der Waals surface area contributed by atoms with Gasteiger partial charge < -0.3 is 0 Å². The van der Waals surface area contributed by atoms with Gasteiger partial charge in [-0.25, -0.2) is 0 Å². The lowest BCUT2D eigenvalue weighted by molar-refractivity contribution is 0.127. The topological polar surface area (TPSA) is 42.5 Å². The van der Waals surface area contributed by atoms with Crippen LogP contribution in [0.3, 0.4) is 0 Å². The van der Waals surface area contributed by atoms with Gasteiger partial charge in [0, 0.05) is 12.4 Å². The Balaban J connectivity index is 3.11. The number of hydroxylamine groups is 2. The molecule has 0 rings (SSSR count). The molecule has 4 heteroatoms. The van der Waals surface area contributed by atoms with Gasteiger partial charge in [-0.2, -0.15) is 0 Å². The number of hydrogen-bond acceptors (Lipinski definition) is 4. The molecular weight excluding hydrogens is 144 g/mol. The number of allylic oxidation sites excluding steroid dienone is 2. The summed E-state index contributed by atoms with van der Waals surface area (Å²) in [6, 6.07) is 0. The first-order valence-electron chi connectivity index (χ1n) is 3.29. The molecule has 0 amide bonds. The van der Waals surface area contributed by atoms with Crippen LogP contribution in [0.25, 0.3) is 0 Å². The third kappa shape index (κ3) is 9.00. The zero-order valence-corrected chi connectivity index (χ0v) is 6.83. The number of rotatable bonds is 6. The monoisotopic (exact) mass is 158 g/mol. The van der Waals surface area contributed by atoms with E-state index in [9.17, 15) is 0 Å². The van der Waals surface area contributed by atoms with Crippen molar-refractivity contribution in [3.05, 3.63) is 24.6 Å². The van der Waals surface area contributed by atoms with E-state index in [2.05, 4.69) is 20.6 Å². The molecule has 0 aromatic rings. The zero-order chi connectivity index (χ0) is 8.36. The molecule has 0 radical (unpaired) electrons. The van der Waals surface area contributed by atoms with E-state index < -0.39 is 0 Å². The first-order chi connectivity index (χ1) is 5.41. The van der Waals surface area contributed by atoms with Crippen LogP contribution in [-0.4, -0.2) is 14.2 Å². The van der Waals surface area contributed by atoms with Gasteiger partial charge in [0.2, 0.25) is 0 Å². The van der Waals surface area contributed by atoms with E-state index in [0.29, 0.717) is 0 Å². The molecule has 0 heterocycles. The van der Waals surface area contributed by atoms with Gasteiger partial charge in [0.25, 0.3) is 0 Å². The fraction of sp³-hybridized carbons (Fsp3) is 0.429. The summed E-state index contributed by atoms with van der Waals surface area (Å²) in [5.74, 6) is 0. The van der Waals surface area contributed by atoms with Crippen LogP contribution in [0.15, 0.2) is 24.6 Å². The Morgan fingerprint density at radius 3 is 1.82 bits per heavy atom. The predicted molar refractivity (Wildman–Crippen MR) is 43.2 cm³/mol. The molecule has 0 aliphatic heterocycles. The van der Waals surface area contributed by atoms with Crippen LogP contribution in [0.4, 0.5) is 0 Å². The van der Waals surface area contributed by atoms with E-state index in [0.717, 1.165) is 6.42 Å². The van der Waals surface area contributed by atoms with Gasteiger partial charge in [-0.3, -0.25) is 20.6 Å². The minimum atomic E-state index is 0.826. The smallest absolute Gasteiger partial charge is 0.0636 e. The van der Waals surface area contributed by atoms with Gasteiger partial charge in [0.15, 0.2) is 0 Å². The normalized spacial score (nSPS) is 11.1.